The van der Waals surface area contributed by atoms with E-state index in [4.69, 9.17) is 9.47 Å². The summed E-state index contributed by atoms with van der Waals surface area (Å²) in [5.41, 5.74) is 0. The van der Waals surface area contributed by atoms with Crippen LogP contribution in [-0.2, 0) is 14.3 Å². The molecule has 13 heavy (non-hydrogen) atoms. The predicted octanol–water partition coefficient (Wildman–Crippen LogP) is 1.01. The molecule has 0 spiro atoms. The van der Waals surface area contributed by atoms with Crippen molar-refractivity contribution >= 4 is 5.78 Å². The summed E-state index contributed by atoms with van der Waals surface area (Å²) in [6.45, 7) is 4.18. The molecule has 0 amide bonds. The molecule has 0 aromatic heterocycles. The Morgan fingerprint density at radius 3 is 2.77 bits per heavy atom. The number of rotatable bonds is 1. The van der Waals surface area contributed by atoms with E-state index in [1.54, 1.807) is 7.11 Å². The quantitative estimate of drug-likeness (QED) is 0.610. The lowest BCUT2D eigenvalue weighted by molar-refractivity contribution is -0.160. The summed E-state index contributed by atoms with van der Waals surface area (Å²) < 4.78 is 10.9. The number of hydrogen-bond donors (Lipinski definition) is 0. The highest BCUT2D eigenvalue weighted by Gasteiger charge is 2.50. The van der Waals surface area contributed by atoms with Gasteiger partial charge in [0.2, 0.25) is 0 Å². The molecular weight excluding hydrogens is 168 g/mol. The third kappa shape index (κ3) is 1.22. The second-order valence-corrected chi connectivity index (χ2v) is 4.22. The average Bonchev–Trinajstić information content (AvgIpc) is 2.44. The first-order valence-corrected chi connectivity index (χ1v) is 4.87. The fourth-order valence-electron chi connectivity index (χ4n) is 2.62. The van der Waals surface area contributed by atoms with Crippen LogP contribution in [0.5, 0.6) is 0 Å². The van der Waals surface area contributed by atoms with Crippen molar-refractivity contribution in [1.82, 2.24) is 0 Å². The van der Waals surface area contributed by atoms with E-state index < -0.39 is 0 Å². The van der Waals surface area contributed by atoms with Crippen molar-refractivity contribution in [3.05, 3.63) is 0 Å². The maximum absolute atomic E-state index is 11.7. The second kappa shape index (κ2) is 3.07. The highest BCUT2D eigenvalue weighted by molar-refractivity contribution is 5.89. The molecule has 0 aromatic rings. The lowest BCUT2D eigenvalue weighted by atomic mass is 9.90. The van der Waals surface area contributed by atoms with E-state index in [0.717, 1.165) is 6.42 Å². The van der Waals surface area contributed by atoms with Gasteiger partial charge in [0.05, 0.1) is 6.10 Å². The highest BCUT2D eigenvalue weighted by Crippen LogP contribution is 2.39. The molecule has 0 aliphatic carbocycles. The van der Waals surface area contributed by atoms with Crippen molar-refractivity contribution in [3.63, 3.8) is 0 Å². The lowest BCUT2D eigenvalue weighted by Crippen LogP contribution is -2.47. The van der Waals surface area contributed by atoms with Crippen LogP contribution in [0.2, 0.25) is 0 Å². The van der Waals surface area contributed by atoms with Gasteiger partial charge in [0.25, 0.3) is 0 Å². The average molecular weight is 184 g/mol. The van der Waals surface area contributed by atoms with E-state index in [2.05, 4.69) is 6.92 Å². The number of carbonyl (C=O) groups excluding carboxylic acids is 1. The summed E-state index contributed by atoms with van der Waals surface area (Å²) in [6, 6.07) is 0. The molecule has 5 atom stereocenters. The van der Waals surface area contributed by atoms with E-state index in [9.17, 15) is 4.79 Å². The number of Topliss-reactive ketones (excluding diaryl/α,β-unsaturated/α-hetero) is 1. The maximum Gasteiger partial charge on any atom is 0.190 e. The summed E-state index contributed by atoms with van der Waals surface area (Å²) in [7, 11) is 1.61. The van der Waals surface area contributed by atoms with Crippen LogP contribution in [0, 0.1) is 11.8 Å². The molecule has 2 aliphatic heterocycles. The van der Waals surface area contributed by atoms with Crippen LogP contribution in [0.4, 0.5) is 0 Å². The van der Waals surface area contributed by atoms with Crippen LogP contribution in [0.3, 0.4) is 0 Å². The van der Waals surface area contributed by atoms with Crippen molar-refractivity contribution in [1.29, 1.82) is 0 Å². The van der Waals surface area contributed by atoms with Crippen molar-refractivity contribution in [2.24, 2.45) is 11.8 Å². The van der Waals surface area contributed by atoms with Crippen LogP contribution >= 0.6 is 0 Å². The Kier molecular flexibility index (Phi) is 2.16. The minimum atomic E-state index is -0.242. The highest BCUT2D eigenvalue weighted by atomic mass is 16.5. The zero-order valence-electron chi connectivity index (χ0n) is 8.32. The Hall–Kier alpha value is -0.410. The van der Waals surface area contributed by atoms with Gasteiger partial charge >= 0.3 is 0 Å². The molecule has 2 rings (SSSR count). The smallest absolute Gasteiger partial charge is 0.190 e. The van der Waals surface area contributed by atoms with E-state index >= 15 is 0 Å². The Morgan fingerprint density at radius 1 is 1.46 bits per heavy atom. The summed E-state index contributed by atoms with van der Waals surface area (Å²) >= 11 is 0. The molecule has 0 saturated carbocycles. The van der Waals surface area contributed by atoms with Crippen molar-refractivity contribution in [3.8, 4) is 0 Å². The van der Waals surface area contributed by atoms with Gasteiger partial charge in [-0.3, -0.25) is 4.79 Å². The largest absolute Gasteiger partial charge is 0.373 e. The number of ketones is 1. The molecule has 2 fully saturated rings. The normalized spacial score (nSPS) is 49.8. The molecule has 2 bridgehead atoms. The van der Waals surface area contributed by atoms with Crippen LogP contribution < -0.4 is 0 Å². The number of fused-ring (bicyclic) bond motifs is 2. The summed E-state index contributed by atoms with van der Waals surface area (Å²) in [5, 5.41) is 0. The van der Waals surface area contributed by atoms with Gasteiger partial charge in [-0.25, -0.2) is 0 Å². The van der Waals surface area contributed by atoms with Crippen molar-refractivity contribution in [2.45, 2.75) is 38.6 Å². The zero-order valence-corrected chi connectivity index (χ0v) is 8.32. The number of methoxy groups -OCH3 is 1. The van der Waals surface area contributed by atoms with E-state index in [1.165, 1.54) is 0 Å². The van der Waals surface area contributed by atoms with Gasteiger partial charge in [0.1, 0.15) is 12.2 Å². The van der Waals surface area contributed by atoms with Gasteiger partial charge in [-0.15, -0.1) is 0 Å². The first kappa shape index (κ1) is 9.16. The summed E-state index contributed by atoms with van der Waals surface area (Å²) in [6.07, 6.45) is 0.649. The van der Waals surface area contributed by atoms with Crippen molar-refractivity contribution in [2.75, 3.05) is 7.11 Å². The van der Waals surface area contributed by atoms with E-state index in [1.807, 2.05) is 6.92 Å². The molecule has 0 radical (unpaired) electrons. The fraction of sp³-hybridized carbons (Fsp3) is 0.900. The summed E-state index contributed by atoms with van der Waals surface area (Å²) in [5.74, 6) is 0.825. The minimum absolute atomic E-state index is 0.135. The van der Waals surface area contributed by atoms with E-state index in [-0.39, 0.29) is 30.0 Å². The standard InChI is InChI=1S/C10H16O3/c1-5-4-7-8(11)10(12-3)6(2)9(5)13-7/h5-7,9-10H,4H2,1-3H3/t5?,6?,7-,9+,10-/m0/s1. The molecule has 0 N–H and O–H groups in total. The van der Waals surface area contributed by atoms with Crippen molar-refractivity contribution < 1.29 is 14.3 Å². The van der Waals surface area contributed by atoms with Gasteiger partial charge in [-0.05, 0) is 12.3 Å². The van der Waals surface area contributed by atoms with Gasteiger partial charge < -0.3 is 9.47 Å². The molecule has 0 aromatic carbocycles. The molecular formula is C10H16O3. The predicted molar refractivity (Wildman–Crippen MR) is 47.4 cm³/mol. The van der Waals surface area contributed by atoms with E-state index in [0.29, 0.717) is 5.92 Å². The van der Waals surface area contributed by atoms with Gasteiger partial charge in [0, 0.05) is 13.0 Å². The Morgan fingerprint density at radius 2 is 2.15 bits per heavy atom. The third-order valence-corrected chi connectivity index (χ3v) is 3.32. The SMILES string of the molecule is CO[C@@H]1C(=O)[C@@H]2CC(C)[C@@H](O2)C1C. The third-order valence-electron chi connectivity index (χ3n) is 3.32. The lowest BCUT2D eigenvalue weighted by Gasteiger charge is -2.33. The van der Waals surface area contributed by atoms with Crippen LogP contribution in [0.15, 0.2) is 0 Å². The van der Waals surface area contributed by atoms with Crippen LogP contribution in [-0.4, -0.2) is 31.2 Å². The first-order chi connectivity index (χ1) is 6.15. The monoisotopic (exact) mass is 184 g/mol. The van der Waals surface area contributed by atoms with Gasteiger partial charge in [0.15, 0.2) is 5.78 Å². The Labute approximate surface area is 78.4 Å². The molecule has 2 saturated heterocycles. The molecule has 3 nitrogen and oxygen atoms in total. The summed E-state index contributed by atoms with van der Waals surface area (Å²) in [4.78, 5) is 11.7. The van der Waals surface area contributed by atoms with Gasteiger partial charge in [-0.1, -0.05) is 13.8 Å². The number of ether oxygens (including phenoxy) is 2. The number of carbonyl (C=O) groups is 1. The molecule has 2 aliphatic rings. The second-order valence-electron chi connectivity index (χ2n) is 4.22. The molecule has 2 unspecified atom stereocenters. The minimum Gasteiger partial charge on any atom is -0.373 e. The van der Waals surface area contributed by atoms with Crippen LogP contribution in [0.25, 0.3) is 0 Å². The van der Waals surface area contributed by atoms with Gasteiger partial charge in [-0.2, -0.15) is 0 Å². The topological polar surface area (TPSA) is 35.5 Å². The molecule has 2 heterocycles. The first-order valence-electron chi connectivity index (χ1n) is 4.87. The fourth-order valence-corrected chi connectivity index (χ4v) is 2.62. The Bertz CT molecular complexity index is 226. The number of hydrogen-bond acceptors (Lipinski definition) is 3. The maximum atomic E-state index is 11.7. The Balaban J connectivity index is 2.23. The zero-order chi connectivity index (χ0) is 9.59. The van der Waals surface area contributed by atoms with Crippen LogP contribution in [0.1, 0.15) is 20.3 Å². The molecule has 74 valence electrons. The molecule has 3 heteroatoms.